The second kappa shape index (κ2) is 6.77. The SMILES string of the molecule is Cc1cc(S(=O)(=O)Nc2ccc3c(ccn3CC(C)C)c2)sc1C(=O)O. The molecule has 26 heavy (non-hydrogen) atoms. The van der Waals surface area contributed by atoms with Gasteiger partial charge >= 0.3 is 5.97 Å². The molecule has 0 saturated heterocycles. The molecule has 0 radical (unpaired) electrons. The highest BCUT2D eigenvalue weighted by Crippen LogP contribution is 2.29. The number of hydrogen-bond acceptors (Lipinski definition) is 4. The monoisotopic (exact) mass is 392 g/mol. The Balaban J connectivity index is 1.90. The van der Waals surface area contributed by atoms with Crippen LogP contribution in [0.15, 0.2) is 40.7 Å². The van der Waals surface area contributed by atoms with Crippen molar-refractivity contribution in [2.24, 2.45) is 5.92 Å². The standard InChI is InChI=1S/C18H20N2O4S2/c1-11(2)10-20-7-6-13-9-14(4-5-15(13)20)19-26(23,24)16-8-12(3)17(25-16)18(21)22/h4-9,11,19H,10H2,1-3H3,(H,21,22). The third-order valence-electron chi connectivity index (χ3n) is 3.94. The van der Waals surface area contributed by atoms with E-state index in [-0.39, 0.29) is 9.09 Å². The minimum Gasteiger partial charge on any atom is -0.477 e. The number of fused-ring (bicyclic) bond motifs is 1. The first-order valence-corrected chi connectivity index (χ1v) is 10.4. The quantitative estimate of drug-likeness (QED) is 0.659. The Morgan fingerprint density at radius 1 is 1.27 bits per heavy atom. The van der Waals surface area contributed by atoms with Crippen molar-refractivity contribution in [1.29, 1.82) is 0 Å². The fourth-order valence-corrected chi connectivity index (χ4v) is 5.25. The summed E-state index contributed by atoms with van der Waals surface area (Å²) in [4.78, 5) is 11.2. The van der Waals surface area contributed by atoms with Gasteiger partial charge in [-0.05, 0) is 48.7 Å². The molecule has 3 rings (SSSR count). The van der Waals surface area contributed by atoms with Crippen molar-refractivity contribution in [2.45, 2.75) is 31.5 Å². The van der Waals surface area contributed by atoms with Gasteiger partial charge < -0.3 is 9.67 Å². The highest BCUT2D eigenvalue weighted by Gasteiger charge is 2.22. The summed E-state index contributed by atoms with van der Waals surface area (Å²) in [6.45, 7) is 6.76. The number of nitrogens with zero attached hydrogens (tertiary/aromatic N) is 1. The molecular formula is C18H20N2O4S2. The molecule has 2 N–H and O–H groups in total. The lowest BCUT2D eigenvalue weighted by molar-refractivity contribution is 0.0701. The Kier molecular flexibility index (Phi) is 4.81. The summed E-state index contributed by atoms with van der Waals surface area (Å²) in [5.41, 5.74) is 1.92. The second-order valence-electron chi connectivity index (χ2n) is 6.62. The number of aromatic carboxylic acids is 1. The van der Waals surface area contributed by atoms with Crippen molar-refractivity contribution in [3.63, 3.8) is 0 Å². The van der Waals surface area contributed by atoms with Crippen molar-refractivity contribution < 1.29 is 18.3 Å². The van der Waals surface area contributed by atoms with Crippen LogP contribution in [0.25, 0.3) is 10.9 Å². The van der Waals surface area contributed by atoms with Crippen LogP contribution in [0.1, 0.15) is 29.1 Å². The van der Waals surface area contributed by atoms with E-state index in [1.54, 1.807) is 19.1 Å². The average molecular weight is 393 g/mol. The molecule has 0 saturated carbocycles. The largest absolute Gasteiger partial charge is 0.477 e. The molecule has 138 valence electrons. The number of hydrogen-bond donors (Lipinski definition) is 2. The van der Waals surface area contributed by atoms with Gasteiger partial charge in [-0.15, -0.1) is 11.3 Å². The smallest absolute Gasteiger partial charge is 0.346 e. The molecule has 0 atom stereocenters. The molecule has 0 aliphatic heterocycles. The molecule has 0 unspecified atom stereocenters. The van der Waals surface area contributed by atoms with Gasteiger partial charge in [0, 0.05) is 29.3 Å². The van der Waals surface area contributed by atoms with Gasteiger partial charge in [-0.1, -0.05) is 13.8 Å². The van der Waals surface area contributed by atoms with Crippen molar-refractivity contribution in [3.8, 4) is 0 Å². The predicted octanol–water partition coefficient (Wildman–Crippen LogP) is 4.17. The van der Waals surface area contributed by atoms with Crippen LogP contribution in [0, 0.1) is 12.8 Å². The zero-order valence-electron chi connectivity index (χ0n) is 14.7. The minimum absolute atomic E-state index is 0.00938. The highest BCUT2D eigenvalue weighted by atomic mass is 32.2. The summed E-state index contributed by atoms with van der Waals surface area (Å²) in [7, 11) is -3.83. The third-order valence-corrected chi connectivity index (χ3v) is 7.02. The number of sulfonamides is 1. The summed E-state index contributed by atoms with van der Waals surface area (Å²) in [6.07, 6.45) is 1.99. The van der Waals surface area contributed by atoms with Crippen molar-refractivity contribution in [3.05, 3.63) is 47.0 Å². The number of carboxylic acid groups (broad SMARTS) is 1. The fourth-order valence-electron chi connectivity index (χ4n) is 2.82. The Hall–Kier alpha value is -2.32. The predicted molar refractivity (Wildman–Crippen MR) is 104 cm³/mol. The van der Waals surface area contributed by atoms with Crippen molar-refractivity contribution in [1.82, 2.24) is 4.57 Å². The molecule has 0 amide bonds. The Labute approximate surface area is 156 Å². The van der Waals surface area contributed by atoms with Crippen LogP contribution in [-0.2, 0) is 16.6 Å². The van der Waals surface area contributed by atoms with Gasteiger partial charge in [-0.2, -0.15) is 0 Å². The number of benzene rings is 1. The van der Waals surface area contributed by atoms with Crippen molar-refractivity contribution >= 4 is 43.9 Å². The maximum Gasteiger partial charge on any atom is 0.346 e. The number of aryl methyl sites for hydroxylation is 1. The van der Waals surface area contributed by atoms with Crippen molar-refractivity contribution in [2.75, 3.05) is 4.72 Å². The normalized spacial score (nSPS) is 12.0. The lowest BCUT2D eigenvalue weighted by Gasteiger charge is -2.10. The lowest BCUT2D eigenvalue weighted by Crippen LogP contribution is -2.11. The van der Waals surface area contributed by atoms with Gasteiger partial charge in [0.25, 0.3) is 10.0 Å². The third kappa shape index (κ3) is 3.61. The maximum atomic E-state index is 12.6. The minimum atomic E-state index is -3.83. The van der Waals surface area contributed by atoms with E-state index in [9.17, 15) is 13.2 Å². The van der Waals surface area contributed by atoms with E-state index >= 15 is 0 Å². The summed E-state index contributed by atoms with van der Waals surface area (Å²) in [6, 6.07) is 8.72. The summed E-state index contributed by atoms with van der Waals surface area (Å²) in [5.74, 6) is -0.615. The first-order valence-electron chi connectivity index (χ1n) is 8.13. The molecule has 2 aromatic heterocycles. The van der Waals surface area contributed by atoms with Gasteiger partial charge in [0.1, 0.15) is 9.09 Å². The van der Waals surface area contributed by atoms with Crippen LogP contribution < -0.4 is 4.72 Å². The van der Waals surface area contributed by atoms with E-state index in [0.717, 1.165) is 28.8 Å². The maximum absolute atomic E-state index is 12.6. The van der Waals surface area contributed by atoms with E-state index in [2.05, 4.69) is 23.1 Å². The Morgan fingerprint density at radius 2 is 2.00 bits per heavy atom. The van der Waals surface area contributed by atoms with Gasteiger partial charge in [0.15, 0.2) is 0 Å². The number of nitrogens with one attached hydrogen (secondary N) is 1. The summed E-state index contributed by atoms with van der Waals surface area (Å²) in [5, 5.41) is 10.1. The zero-order valence-corrected chi connectivity index (χ0v) is 16.3. The second-order valence-corrected chi connectivity index (χ2v) is 9.59. The molecule has 1 aromatic carbocycles. The highest BCUT2D eigenvalue weighted by molar-refractivity contribution is 7.94. The zero-order chi connectivity index (χ0) is 19.1. The Morgan fingerprint density at radius 3 is 2.62 bits per heavy atom. The van der Waals surface area contributed by atoms with E-state index in [4.69, 9.17) is 5.11 Å². The number of thiophene rings is 1. The molecule has 0 fully saturated rings. The summed E-state index contributed by atoms with van der Waals surface area (Å²) >= 11 is 0.754. The summed E-state index contributed by atoms with van der Waals surface area (Å²) < 4.78 is 29.8. The molecule has 8 heteroatoms. The Bertz CT molecular complexity index is 1080. The fraction of sp³-hybridized carbons (Fsp3) is 0.278. The van der Waals surface area contributed by atoms with Crippen LogP contribution in [0.4, 0.5) is 5.69 Å². The number of anilines is 1. The number of carbonyl (C=O) groups is 1. The molecule has 2 heterocycles. The topological polar surface area (TPSA) is 88.4 Å². The number of aromatic nitrogens is 1. The van der Waals surface area contributed by atoms with Crippen LogP contribution in [0.3, 0.4) is 0 Å². The molecule has 0 spiro atoms. The molecule has 0 aliphatic carbocycles. The van der Waals surface area contributed by atoms with Gasteiger partial charge in [0.2, 0.25) is 0 Å². The van der Waals surface area contributed by atoms with E-state index in [1.807, 2.05) is 18.3 Å². The van der Waals surface area contributed by atoms with E-state index < -0.39 is 16.0 Å². The first-order chi connectivity index (χ1) is 12.2. The molecule has 3 aromatic rings. The van der Waals surface area contributed by atoms with Crippen LogP contribution in [0.5, 0.6) is 0 Å². The van der Waals surface area contributed by atoms with Gasteiger partial charge in [-0.3, -0.25) is 4.72 Å². The molecule has 0 bridgehead atoms. The van der Waals surface area contributed by atoms with E-state index in [1.165, 1.54) is 6.07 Å². The van der Waals surface area contributed by atoms with E-state index in [0.29, 0.717) is 17.2 Å². The molecular weight excluding hydrogens is 372 g/mol. The lowest BCUT2D eigenvalue weighted by atomic mass is 10.2. The van der Waals surface area contributed by atoms with Crippen LogP contribution >= 0.6 is 11.3 Å². The first kappa shape index (κ1) is 18.5. The molecule has 0 aliphatic rings. The average Bonchev–Trinajstić information content (AvgIpc) is 3.10. The van der Waals surface area contributed by atoms with Crippen LogP contribution in [0.2, 0.25) is 0 Å². The molecule has 6 nitrogen and oxygen atoms in total. The number of rotatable bonds is 6. The van der Waals surface area contributed by atoms with Gasteiger partial charge in [-0.25, -0.2) is 13.2 Å². The van der Waals surface area contributed by atoms with Crippen LogP contribution in [-0.4, -0.2) is 24.1 Å². The van der Waals surface area contributed by atoms with Gasteiger partial charge in [0.05, 0.1) is 0 Å². The number of carboxylic acids is 1.